The average Bonchev–Trinajstić information content (AvgIpc) is 3.62. The summed E-state index contributed by atoms with van der Waals surface area (Å²) in [6.07, 6.45) is 0. The number of hydrogen-bond donors (Lipinski definition) is 0. The van der Waals surface area contributed by atoms with Crippen LogP contribution >= 0.6 is 0 Å². The van der Waals surface area contributed by atoms with Crippen molar-refractivity contribution in [1.82, 2.24) is 19.1 Å². The van der Waals surface area contributed by atoms with Gasteiger partial charge in [0, 0.05) is 38.2 Å². The van der Waals surface area contributed by atoms with Crippen LogP contribution in [0.5, 0.6) is 0 Å². The maximum absolute atomic E-state index is 5.12. The van der Waals surface area contributed by atoms with Gasteiger partial charge in [-0.2, -0.15) is 0 Å². The Balaban J connectivity index is 1.30. The Morgan fingerprint density at radius 3 is 1.04 bits per heavy atom. The molecule has 4 nitrogen and oxygen atoms in total. The number of hydrogen-bond acceptors (Lipinski definition) is 2. The number of para-hydroxylation sites is 6. The first-order chi connectivity index (χ1) is 22.7. The molecule has 0 aliphatic rings. The summed E-state index contributed by atoms with van der Waals surface area (Å²) in [6, 6.07) is 51.8. The zero-order valence-electron chi connectivity index (χ0n) is 25.6. The SMILES string of the molecule is Cc1nc(-c2ccccc2-n2c3ccccc3c3ccccc32)c(C)c(-c2ccccc2-n2c3ccccc3c3ccccc32)n1. The maximum atomic E-state index is 5.12. The molecule has 0 atom stereocenters. The largest absolute Gasteiger partial charge is 0.309 e. The highest BCUT2D eigenvalue weighted by molar-refractivity contribution is 6.11. The minimum atomic E-state index is 0.740. The van der Waals surface area contributed by atoms with Crippen molar-refractivity contribution in [2.24, 2.45) is 0 Å². The highest BCUT2D eigenvalue weighted by atomic mass is 15.0. The van der Waals surface area contributed by atoms with Crippen molar-refractivity contribution in [3.8, 4) is 33.9 Å². The molecule has 9 rings (SSSR count). The van der Waals surface area contributed by atoms with E-state index in [1.165, 1.54) is 43.6 Å². The highest BCUT2D eigenvalue weighted by Gasteiger charge is 2.22. The van der Waals surface area contributed by atoms with Crippen molar-refractivity contribution in [3.63, 3.8) is 0 Å². The number of nitrogens with zero attached hydrogens (tertiary/aromatic N) is 4. The summed E-state index contributed by atoms with van der Waals surface area (Å²) in [5, 5.41) is 4.96. The maximum Gasteiger partial charge on any atom is 0.126 e. The molecular weight excluding hydrogens is 560 g/mol. The van der Waals surface area contributed by atoms with Gasteiger partial charge >= 0.3 is 0 Å². The predicted molar refractivity (Wildman–Crippen MR) is 191 cm³/mol. The van der Waals surface area contributed by atoms with E-state index < -0.39 is 0 Å². The van der Waals surface area contributed by atoms with E-state index in [2.05, 4.69) is 162 Å². The van der Waals surface area contributed by atoms with Gasteiger partial charge in [0.1, 0.15) is 5.82 Å². The molecule has 6 aromatic carbocycles. The molecule has 0 N–H and O–H groups in total. The van der Waals surface area contributed by atoms with Gasteiger partial charge in [0.2, 0.25) is 0 Å². The second-order valence-electron chi connectivity index (χ2n) is 11.9. The van der Waals surface area contributed by atoms with Gasteiger partial charge in [0.05, 0.1) is 44.8 Å². The molecule has 0 radical (unpaired) electrons. The minimum Gasteiger partial charge on any atom is -0.309 e. The lowest BCUT2D eigenvalue weighted by molar-refractivity contribution is 1.03. The molecule has 0 saturated carbocycles. The van der Waals surface area contributed by atoms with Crippen LogP contribution in [0.2, 0.25) is 0 Å². The fourth-order valence-corrected chi connectivity index (χ4v) is 7.25. The first-order valence-corrected chi connectivity index (χ1v) is 15.7. The minimum absolute atomic E-state index is 0.740. The third kappa shape index (κ3) is 3.87. The number of rotatable bonds is 4. The monoisotopic (exact) mass is 590 g/mol. The molecule has 218 valence electrons. The molecule has 0 amide bonds. The summed E-state index contributed by atoms with van der Waals surface area (Å²) < 4.78 is 4.76. The third-order valence-electron chi connectivity index (χ3n) is 9.22. The second-order valence-corrected chi connectivity index (χ2v) is 11.9. The van der Waals surface area contributed by atoms with E-state index >= 15 is 0 Å². The summed E-state index contributed by atoms with van der Waals surface area (Å²) in [5.41, 5.74) is 12.0. The molecule has 4 heteroatoms. The Bertz CT molecular complexity index is 2340. The highest BCUT2D eigenvalue weighted by Crippen LogP contribution is 2.40. The lowest BCUT2D eigenvalue weighted by Crippen LogP contribution is -2.05. The van der Waals surface area contributed by atoms with Crippen molar-refractivity contribution in [2.75, 3.05) is 0 Å². The van der Waals surface area contributed by atoms with Crippen molar-refractivity contribution < 1.29 is 0 Å². The molecule has 0 spiro atoms. The number of aryl methyl sites for hydroxylation is 1. The molecule has 0 aliphatic heterocycles. The van der Waals surface area contributed by atoms with Crippen molar-refractivity contribution >= 4 is 43.6 Å². The van der Waals surface area contributed by atoms with Crippen LogP contribution in [0, 0.1) is 13.8 Å². The first-order valence-electron chi connectivity index (χ1n) is 15.7. The third-order valence-corrected chi connectivity index (χ3v) is 9.22. The molecule has 0 fully saturated rings. The van der Waals surface area contributed by atoms with Gasteiger partial charge in [-0.15, -0.1) is 0 Å². The van der Waals surface area contributed by atoms with E-state index in [0.29, 0.717) is 0 Å². The van der Waals surface area contributed by atoms with Crippen molar-refractivity contribution in [3.05, 3.63) is 157 Å². The van der Waals surface area contributed by atoms with Gasteiger partial charge in [-0.25, -0.2) is 9.97 Å². The Morgan fingerprint density at radius 1 is 0.370 bits per heavy atom. The van der Waals surface area contributed by atoms with Gasteiger partial charge in [-0.05, 0) is 50.2 Å². The Hall–Kier alpha value is -6.00. The first kappa shape index (κ1) is 26.4. The quantitative estimate of drug-likeness (QED) is 0.204. The number of aromatic nitrogens is 4. The molecule has 0 bridgehead atoms. The fourth-order valence-electron chi connectivity index (χ4n) is 7.25. The summed E-state index contributed by atoms with van der Waals surface area (Å²) in [5.74, 6) is 0.740. The zero-order chi connectivity index (χ0) is 30.8. The van der Waals surface area contributed by atoms with Crippen LogP contribution in [-0.2, 0) is 0 Å². The van der Waals surface area contributed by atoms with Crippen LogP contribution in [0.25, 0.3) is 77.5 Å². The molecule has 0 aliphatic carbocycles. The van der Waals surface area contributed by atoms with Gasteiger partial charge < -0.3 is 9.13 Å². The van der Waals surface area contributed by atoms with Gasteiger partial charge in [-0.3, -0.25) is 0 Å². The Labute approximate surface area is 266 Å². The van der Waals surface area contributed by atoms with Crippen LogP contribution in [-0.4, -0.2) is 19.1 Å². The Morgan fingerprint density at radius 2 is 0.674 bits per heavy atom. The lowest BCUT2D eigenvalue weighted by atomic mass is 9.98. The molecule has 0 saturated heterocycles. The van der Waals surface area contributed by atoms with Gasteiger partial charge in [0.15, 0.2) is 0 Å². The zero-order valence-corrected chi connectivity index (χ0v) is 25.6. The van der Waals surface area contributed by atoms with E-state index in [0.717, 1.165) is 45.3 Å². The van der Waals surface area contributed by atoms with Gasteiger partial charge in [-0.1, -0.05) is 109 Å². The molecule has 0 unspecified atom stereocenters. The van der Waals surface area contributed by atoms with E-state index in [1.54, 1.807) is 0 Å². The number of fused-ring (bicyclic) bond motifs is 6. The second kappa shape index (κ2) is 10.3. The summed E-state index contributed by atoms with van der Waals surface area (Å²) in [7, 11) is 0. The van der Waals surface area contributed by atoms with Crippen molar-refractivity contribution in [1.29, 1.82) is 0 Å². The molecule has 3 aromatic heterocycles. The summed E-state index contributed by atoms with van der Waals surface area (Å²) >= 11 is 0. The van der Waals surface area contributed by atoms with Crippen LogP contribution in [0.4, 0.5) is 0 Å². The molecular formula is C42H30N4. The molecule has 46 heavy (non-hydrogen) atoms. The van der Waals surface area contributed by atoms with Crippen LogP contribution in [0.1, 0.15) is 11.4 Å². The van der Waals surface area contributed by atoms with E-state index in [-0.39, 0.29) is 0 Å². The normalized spacial score (nSPS) is 11.7. The average molecular weight is 591 g/mol. The molecule has 9 aromatic rings. The van der Waals surface area contributed by atoms with Crippen molar-refractivity contribution in [2.45, 2.75) is 13.8 Å². The molecule has 3 heterocycles. The summed E-state index contributed by atoms with van der Waals surface area (Å²) in [6.45, 7) is 4.16. The number of benzene rings is 6. The lowest BCUT2D eigenvalue weighted by Gasteiger charge is -2.19. The fraction of sp³-hybridized carbons (Fsp3) is 0.0476. The van der Waals surface area contributed by atoms with E-state index in [9.17, 15) is 0 Å². The standard InChI is InChI=1S/C42H30N4/c1-27-41(33-19-7-13-25-39(33)45-35-21-9-3-15-29(35)30-16-4-10-22-36(30)45)43-28(2)44-42(27)34-20-8-14-26-40(34)46-37-23-11-5-17-31(37)32-18-6-12-24-38(32)46/h3-26H,1-2H3. The summed E-state index contributed by atoms with van der Waals surface area (Å²) in [4.78, 5) is 10.2. The Kier molecular flexibility index (Phi) is 5.90. The smallest absolute Gasteiger partial charge is 0.126 e. The van der Waals surface area contributed by atoms with Crippen LogP contribution in [0.15, 0.2) is 146 Å². The topological polar surface area (TPSA) is 35.6 Å². The van der Waals surface area contributed by atoms with E-state index in [4.69, 9.17) is 9.97 Å². The predicted octanol–water partition coefficient (Wildman–Crippen LogP) is 10.6. The van der Waals surface area contributed by atoms with Crippen LogP contribution < -0.4 is 0 Å². The van der Waals surface area contributed by atoms with Crippen LogP contribution in [0.3, 0.4) is 0 Å². The van der Waals surface area contributed by atoms with E-state index in [1.807, 2.05) is 6.92 Å². The van der Waals surface area contributed by atoms with Gasteiger partial charge in [0.25, 0.3) is 0 Å².